The Bertz CT molecular complexity index is 1380. The van der Waals surface area contributed by atoms with E-state index in [9.17, 15) is 14.9 Å². The Labute approximate surface area is 252 Å². The molecule has 0 unspecified atom stereocenters. The Hall–Kier alpha value is -2.26. The molecule has 4 saturated carbocycles. The molecule has 0 bridgehead atoms. The number of rotatable bonds is 4. The second kappa shape index (κ2) is 9.37. The Morgan fingerprint density at radius 3 is 2.38 bits per heavy atom. The summed E-state index contributed by atoms with van der Waals surface area (Å²) in [6, 6.07) is 4.24. The predicted octanol–water partition coefficient (Wildman–Crippen LogP) is 7.37. The molecule has 0 amide bonds. The van der Waals surface area contributed by atoms with Gasteiger partial charge in [0, 0.05) is 36.9 Å². The Balaban J connectivity index is 1.37. The summed E-state index contributed by atoms with van der Waals surface area (Å²) in [4.78, 5) is 28.1. The fourth-order valence-corrected chi connectivity index (χ4v) is 11.7. The third-order valence-corrected chi connectivity index (χ3v) is 14.1. The molecule has 1 aromatic heterocycles. The molecule has 6 nitrogen and oxygen atoms in total. The van der Waals surface area contributed by atoms with Gasteiger partial charge in [-0.05, 0) is 96.7 Å². The van der Waals surface area contributed by atoms with Crippen molar-refractivity contribution in [3.63, 3.8) is 0 Å². The van der Waals surface area contributed by atoms with Crippen LogP contribution < -0.4 is 5.32 Å². The molecule has 6 heteroatoms. The van der Waals surface area contributed by atoms with Crippen LogP contribution in [-0.4, -0.2) is 23.3 Å². The lowest BCUT2D eigenvalue weighted by atomic mass is 9.31. The quantitative estimate of drug-likeness (QED) is 0.404. The largest absolute Gasteiger partial charge is 0.361 e. The molecule has 5 aliphatic carbocycles. The Morgan fingerprint density at radius 2 is 1.71 bits per heavy atom. The van der Waals surface area contributed by atoms with Gasteiger partial charge in [-0.15, -0.1) is 0 Å². The summed E-state index contributed by atoms with van der Waals surface area (Å²) in [7, 11) is 0. The van der Waals surface area contributed by atoms with Gasteiger partial charge in [0.15, 0.2) is 5.78 Å². The van der Waals surface area contributed by atoms with Crippen LogP contribution >= 0.6 is 0 Å². The van der Waals surface area contributed by atoms with Gasteiger partial charge in [0.05, 0.1) is 11.3 Å². The van der Waals surface area contributed by atoms with E-state index in [0.29, 0.717) is 30.2 Å². The zero-order valence-corrected chi connectivity index (χ0v) is 27.2. The first kappa shape index (κ1) is 29.8. The van der Waals surface area contributed by atoms with Crippen LogP contribution in [-0.2, 0) is 16.1 Å². The second-order valence-corrected chi connectivity index (χ2v) is 17.1. The molecule has 0 aliphatic heterocycles. The molecule has 0 spiro atoms. The standard InChI is InChI=1S/C36H51N3O3/c1-22-15-24(39-42-22)20-38-21-36-13-11-31(2,3)18-25(36)29-26(40)16-28-33(6)17-23(19-37)30(41)32(4,5)27(33)9-10-34(28,7)35(29,8)12-14-36/h15,17,25,27-29,38H,9-14,16,18,20-21H2,1-8H3/t25-,27-,28+,29-,33-,34+,35+,36+/m0/s1. The zero-order chi connectivity index (χ0) is 30.5. The van der Waals surface area contributed by atoms with Crippen LogP contribution in [0.5, 0.6) is 0 Å². The lowest BCUT2D eigenvalue weighted by molar-refractivity contribution is -0.222. The first-order chi connectivity index (χ1) is 19.5. The van der Waals surface area contributed by atoms with Crippen molar-refractivity contribution in [2.24, 2.45) is 56.2 Å². The van der Waals surface area contributed by atoms with E-state index in [1.54, 1.807) is 0 Å². The highest BCUT2D eigenvalue weighted by Gasteiger charge is 2.72. The first-order valence-corrected chi connectivity index (χ1v) is 16.4. The van der Waals surface area contributed by atoms with E-state index >= 15 is 0 Å². The summed E-state index contributed by atoms with van der Waals surface area (Å²) >= 11 is 0. The number of allylic oxidation sites excluding steroid dienone is 2. The smallest absolute Gasteiger partial charge is 0.178 e. The molecule has 0 aromatic carbocycles. The van der Waals surface area contributed by atoms with Gasteiger partial charge < -0.3 is 9.84 Å². The van der Waals surface area contributed by atoms with Gasteiger partial charge in [-0.3, -0.25) is 9.59 Å². The van der Waals surface area contributed by atoms with Crippen molar-refractivity contribution in [2.75, 3.05) is 6.54 Å². The number of carbonyl (C=O) groups excluding carboxylic acids is 2. The second-order valence-electron chi connectivity index (χ2n) is 17.1. The SMILES string of the molecule is Cc1cc(CNC[C@]23CCC(C)(C)C[C@H]2[C@H]2C(=O)C[C@@H]4[C@@]5(C)C=C(C#N)C(=O)C(C)(C)[C@@H]5CC[C@@]4(C)[C@]2(C)CC3)no1. The Kier molecular flexibility index (Phi) is 6.65. The van der Waals surface area contributed by atoms with Crippen LogP contribution in [0.25, 0.3) is 0 Å². The van der Waals surface area contributed by atoms with E-state index in [1.165, 1.54) is 6.42 Å². The van der Waals surface area contributed by atoms with Crippen molar-refractivity contribution < 1.29 is 14.1 Å². The highest BCUT2D eigenvalue weighted by Crippen LogP contribution is 2.75. The molecule has 1 aromatic rings. The molecule has 0 radical (unpaired) electrons. The lowest BCUT2D eigenvalue weighted by Crippen LogP contribution is -2.69. The van der Waals surface area contributed by atoms with Gasteiger partial charge in [0.2, 0.25) is 0 Å². The van der Waals surface area contributed by atoms with Crippen molar-refractivity contribution in [2.45, 2.75) is 113 Å². The van der Waals surface area contributed by atoms with Crippen LogP contribution in [0.2, 0.25) is 0 Å². The third kappa shape index (κ3) is 4.01. The zero-order valence-electron chi connectivity index (χ0n) is 27.2. The van der Waals surface area contributed by atoms with Crippen molar-refractivity contribution in [1.82, 2.24) is 10.5 Å². The predicted molar refractivity (Wildman–Crippen MR) is 162 cm³/mol. The molecule has 228 valence electrons. The average Bonchev–Trinajstić information content (AvgIpc) is 3.33. The van der Waals surface area contributed by atoms with E-state index in [4.69, 9.17) is 4.52 Å². The molecular formula is C36H51N3O3. The fraction of sp³-hybridized carbons (Fsp3) is 0.778. The highest BCUT2D eigenvalue weighted by atomic mass is 16.5. The summed E-state index contributed by atoms with van der Waals surface area (Å²) in [6.45, 7) is 19.6. The van der Waals surface area contributed by atoms with Gasteiger partial charge in [-0.1, -0.05) is 59.7 Å². The maximum Gasteiger partial charge on any atom is 0.178 e. The maximum absolute atomic E-state index is 14.7. The van der Waals surface area contributed by atoms with Crippen LogP contribution in [0.1, 0.15) is 111 Å². The number of ketones is 2. The number of Topliss-reactive ketones (excluding diaryl/α,β-unsaturated/α-hetero) is 2. The minimum Gasteiger partial charge on any atom is -0.361 e. The number of hydrogen-bond donors (Lipinski definition) is 1. The fourth-order valence-electron chi connectivity index (χ4n) is 11.7. The number of nitrogens with one attached hydrogen (secondary N) is 1. The van der Waals surface area contributed by atoms with E-state index in [2.05, 4.69) is 51.2 Å². The molecule has 4 fully saturated rings. The average molecular weight is 574 g/mol. The van der Waals surface area contributed by atoms with Gasteiger partial charge in [-0.2, -0.15) is 5.26 Å². The van der Waals surface area contributed by atoms with E-state index in [-0.39, 0.29) is 50.6 Å². The topological polar surface area (TPSA) is 96.0 Å². The Morgan fingerprint density at radius 1 is 1.00 bits per heavy atom. The van der Waals surface area contributed by atoms with Crippen molar-refractivity contribution in [3.8, 4) is 6.07 Å². The number of nitrogens with zero attached hydrogens (tertiary/aromatic N) is 2. The van der Waals surface area contributed by atoms with Crippen molar-refractivity contribution in [1.29, 1.82) is 5.26 Å². The molecular weight excluding hydrogens is 522 g/mol. The van der Waals surface area contributed by atoms with Crippen molar-refractivity contribution >= 4 is 11.6 Å². The first-order valence-electron chi connectivity index (χ1n) is 16.4. The highest BCUT2D eigenvalue weighted by molar-refractivity contribution is 6.04. The van der Waals surface area contributed by atoms with Crippen LogP contribution in [0.3, 0.4) is 0 Å². The number of fused-ring (bicyclic) bond motifs is 7. The van der Waals surface area contributed by atoms with E-state index in [0.717, 1.165) is 56.5 Å². The molecule has 6 rings (SSSR count). The molecule has 0 saturated heterocycles. The van der Waals surface area contributed by atoms with Crippen LogP contribution in [0.15, 0.2) is 22.2 Å². The molecule has 42 heavy (non-hydrogen) atoms. The minimum atomic E-state index is -0.597. The summed E-state index contributed by atoms with van der Waals surface area (Å²) in [5.41, 5.74) is 0.456. The number of hydrogen-bond acceptors (Lipinski definition) is 6. The van der Waals surface area contributed by atoms with Gasteiger partial charge >= 0.3 is 0 Å². The van der Waals surface area contributed by atoms with Gasteiger partial charge in [0.25, 0.3) is 0 Å². The number of aryl methyl sites for hydroxylation is 1. The molecule has 8 atom stereocenters. The summed E-state index contributed by atoms with van der Waals surface area (Å²) in [5, 5.41) is 17.9. The third-order valence-electron chi connectivity index (χ3n) is 14.1. The minimum absolute atomic E-state index is 0.0255. The molecule has 5 aliphatic rings. The number of aromatic nitrogens is 1. The van der Waals surface area contributed by atoms with Crippen LogP contribution in [0, 0.1) is 74.4 Å². The monoisotopic (exact) mass is 573 g/mol. The summed E-state index contributed by atoms with van der Waals surface area (Å²) in [6.07, 6.45) is 10.2. The van der Waals surface area contributed by atoms with E-state index in [1.807, 2.05) is 32.9 Å². The summed E-state index contributed by atoms with van der Waals surface area (Å²) in [5.74, 6) is 1.90. The van der Waals surface area contributed by atoms with Gasteiger partial charge in [0.1, 0.15) is 17.6 Å². The summed E-state index contributed by atoms with van der Waals surface area (Å²) < 4.78 is 5.30. The van der Waals surface area contributed by atoms with Gasteiger partial charge in [-0.25, -0.2) is 0 Å². The van der Waals surface area contributed by atoms with Crippen molar-refractivity contribution in [3.05, 3.63) is 29.2 Å². The lowest BCUT2D eigenvalue weighted by Gasteiger charge is -2.72. The maximum atomic E-state index is 14.7. The number of carbonyl (C=O) groups is 2. The normalized spacial score (nSPS) is 43.7. The van der Waals surface area contributed by atoms with Crippen LogP contribution in [0.4, 0.5) is 0 Å². The number of nitriles is 1. The molecule has 1 N–H and O–H groups in total. The van der Waals surface area contributed by atoms with E-state index < -0.39 is 5.41 Å². The molecule has 1 heterocycles.